The Hall–Kier alpha value is -1.70. The van der Waals surface area contributed by atoms with Crippen LogP contribution in [0.4, 0.5) is 5.13 Å². The first-order chi connectivity index (χ1) is 9.74. The smallest absolute Gasteiger partial charge is 0.219 e. The second-order valence-electron chi connectivity index (χ2n) is 4.09. The molecular weight excluding hydrogens is 340 g/mol. The van der Waals surface area contributed by atoms with Crippen molar-refractivity contribution in [2.45, 2.75) is 6.61 Å². The zero-order valence-electron chi connectivity index (χ0n) is 10.3. The first-order valence-corrected chi connectivity index (χ1v) is 7.47. The Kier molecular flexibility index (Phi) is 3.81. The molecule has 1 aromatic heterocycles. The van der Waals surface area contributed by atoms with Crippen molar-refractivity contribution in [2.75, 3.05) is 5.43 Å². The lowest BCUT2D eigenvalue weighted by Gasteiger charge is -2.05. The molecule has 3 N–H and O–H groups in total. The highest BCUT2D eigenvalue weighted by Crippen LogP contribution is 2.25. The molecule has 3 rings (SSSR count). The Bertz CT molecular complexity index is 746. The summed E-state index contributed by atoms with van der Waals surface area (Å²) in [5.74, 6) is 6.06. The van der Waals surface area contributed by atoms with E-state index in [4.69, 9.17) is 10.6 Å². The van der Waals surface area contributed by atoms with Gasteiger partial charge in [-0.15, -0.1) is 10.2 Å². The monoisotopic (exact) mass is 350 g/mol. The van der Waals surface area contributed by atoms with Crippen LogP contribution in [-0.4, -0.2) is 10.2 Å². The number of nitrogens with zero attached hydrogens (tertiary/aromatic N) is 2. The number of benzene rings is 2. The number of ether oxygens (including phenoxy) is 1. The molecule has 3 aromatic rings. The average molecular weight is 351 g/mol. The predicted molar refractivity (Wildman–Crippen MR) is 83.7 cm³/mol. The van der Waals surface area contributed by atoms with Crippen molar-refractivity contribution in [3.05, 3.63) is 45.9 Å². The molecule has 7 heteroatoms. The van der Waals surface area contributed by atoms with Crippen molar-refractivity contribution in [2.24, 2.45) is 5.84 Å². The second-order valence-corrected chi connectivity index (χ2v) is 6.06. The number of nitrogens with one attached hydrogen (secondary N) is 1. The molecular formula is C13H11BrN4OS. The first kappa shape index (κ1) is 13.3. The fourth-order valence-electron chi connectivity index (χ4n) is 1.80. The number of nitrogens with two attached hydrogens (primary N) is 1. The van der Waals surface area contributed by atoms with E-state index in [1.807, 2.05) is 30.3 Å². The summed E-state index contributed by atoms with van der Waals surface area (Å²) in [5.41, 5.74) is 2.46. The Morgan fingerprint density at radius 1 is 1.15 bits per heavy atom. The molecule has 0 atom stereocenters. The van der Waals surface area contributed by atoms with Crippen molar-refractivity contribution in [1.29, 1.82) is 0 Å². The lowest BCUT2D eigenvalue weighted by Crippen LogP contribution is -2.05. The van der Waals surface area contributed by atoms with Crippen molar-refractivity contribution in [3.8, 4) is 5.75 Å². The van der Waals surface area contributed by atoms with Gasteiger partial charge >= 0.3 is 0 Å². The summed E-state index contributed by atoms with van der Waals surface area (Å²) in [4.78, 5) is 0. The molecule has 5 nitrogen and oxygen atoms in total. The summed E-state index contributed by atoms with van der Waals surface area (Å²) < 4.78 is 6.78. The number of hydrazine groups is 1. The van der Waals surface area contributed by atoms with E-state index in [1.54, 1.807) is 0 Å². The van der Waals surface area contributed by atoms with Gasteiger partial charge in [-0.1, -0.05) is 39.4 Å². The maximum absolute atomic E-state index is 5.72. The topological polar surface area (TPSA) is 73.1 Å². The lowest BCUT2D eigenvalue weighted by molar-refractivity contribution is 0.305. The molecule has 0 aliphatic heterocycles. The van der Waals surface area contributed by atoms with Gasteiger partial charge in [-0.25, -0.2) is 5.84 Å². The molecule has 0 fully saturated rings. The van der Waals surface area contributed by atoms with E-state index in [0.717, 1.165) is 26.0 Å². The predicted octanol–water partition coefficient (Wildman–Crippen LogP) is 3.32. The number of nitrogen functional groups attached to an aromatic ring is 1. The molecule has 2 aromatic carbocycles. The van der Waals surface area contributed by atoms with Crippen LogP contribution in [0.5, 0.6) is 5.75 Å². The molecule has 0 saturated heterocycles. The summed E-state index contributed by atoms with van der Waals surface area (Å²) in [6.45, 7) is 0.376. The normalized spacial score (nSPS) is 10.7. The maximum Gasteiger partial charge on any atom is 0.219 e. The van der Waals surface area contributed by atoms with Crippen LogP contribution in [0.3, 0.4) is 0 Å². The number of halogens is 1. The van der Waals surface area contributed by atoms with E-state index < -0.39 is 0 Å². The molecule has 1 heterocycles. The minimum absolute atomic E-state index is 0.376. The molecule has 0 aliphatic carbocycles. The van der Waals surface area contributed by atoms with Gasteiger partial charge in [0.05, 0.1) is 0 Å². The van der Waals surface area contributed by atoms with E-state index in [0.29, 0.717) is 11.7 Å². The van der Waals surface area contributed by atoms with Gasteiger partial charge in [-0.05, 0) is 35.0 Å². The number of hydrogen-bond donors (Lipinski definition) is 2. The molecule has 0 amide bonds. The molecule has 0 spiro atoms. The van der Waals surface area contributed by atoms with Gasteiger partial charge in [0.25, 0.3) is 0 Å². The van der Waals surface area contributed by atoms with E-state index >= 15 is 0 Å². The third-order valence-corrected chi connectivity index (χ3v) is 4.05. The highest BCUT2D eigenvalue weighted by molar-refractivity contribution is 9.10. The summed E-state index contributed by atoms with van der Waals surface area (Å²) in [6, 6.07) is 12.1. The molecule has 0 bridgehead atoms. The van der Waals surface area contributed by atoms with Gasteiger partial charge in [-0.2, -0.15) is 0 Å². The average Bonchev–Trinajstić information content (AvgIpc) is 2.93. The van der Waals surface area contributed by atoms with Gasteiger partial charge in [0.2, 0.25) is 5.13 Å². The maximum atomic E-state index is 5.72. The fourth-order valence-corrected chi connectivity index (χ4v) is 2.74. The van der Waals surface area contributed by atoms with Gasteiger partial charge in [0.1, 0.15) is 12.4 Å². The van der Waals surface area contributed by atoms with Crippen molar-refractivity contribution in [1.82, 2.24) is 10.2 Å². The molecule has 0 aliphatic rings. The highest BCUT2D eigenvalue weighted by Gasteiger charge is 2.04. The molecule has 102 valence electrons. The minimum atomic E-state index is 0.376. The van der Waals surface area contributed by atoms with Crippen LogP contribution in [0.2, 0.25) is 0 Å². The van der Waals surface area contributed by atoms with Crippen LogP contribution in [0, 0.1) is 0 Å². The first-order valence-electron chi connectivity index (χ1n) is 5.86. The van der Waals surface area contributed by atoms with E-state index in [1.165, 1.54) is 11.3 Å². The van der Waals surface area contributed by atoms with Crippen molar-refractivity contribution >= 4 is 43.2 Å². The number of hydrogen-bond acceptors (Lipinski definition) is 6. The van der Waals surface area contributed by atoms with E-state index in [2.05, 4.69) is 37.6 Å². The van der Waals surface area contributed by atoms with Gasteiger partial charge in [0.15, 0.2) is 5.01 Å². The summed E-state index contributed by atoms with van der Waals surface area (Å²) >= 11 is 4.83. The quantitative estimate of drug-likeness (QED) is 0.557. The molecule has 0 saturated carbocycles. The van der Waals surface area contributed by atoms with Crippen molar-refractivity contribution < 1.29 is 4.74 Å². The van der Waals surface area contributed by atoms with Gasteiger partial charge < -0.3 is 4.74 Å². The van der Waals surface area contributed by atoms with Crippen molar-refractivity contribution in [3.63, 3.8) is 0 Å². The third kappa shape index (κ3) is 2.90. The summed E-state index contributed by atoms with van der Waals surface area (Å²) in [6.07, 6.45) is 0. The third-order valence-electron chi connectivity index (χ3n) is 2.73. The van der Waals surface area contributed by atoms with Crippen LogP contribution in [-0.2, 0) is 6.61 Å². The number of rotatable bonds is 4. The van der Waals surface area contributed by atoms with Gasteiger partial charge in [0, 0.05) is 4.47 Å². The zero-order chi connectivity index (χ0) is 13.9. The summed E-state index contributed by atoms with van der Waals surface area (Å²) in [5, 5.41) is 11.5. The number of fused-ring (bicyclic) bond motifs is 1. The Labute approximate surface area is 127 Å². The van der Waals surface area contributed by atoms with Gasteiger partial charge in [-0.3, -0.25) is 5.43 Å². The SMILES string of the molecule is NNc1nnc(COc2ccc3cc(Br)ccc3c2)s1. The summed E-state index contributed by atoms with van der Waals surface area (Å²) in [7, 11) is 0. The van der Waals surface area contributed by atoms with Crippen LogP contribution in [0.15, 0.2) is 40.9 Å². The van der Waals surface area contributed by atoms with Crippen LogP contribution >= 0.6 is 27.3 Å². The number of anilines is 1. The van der Waals surface area contributed by atoms with Crippen LogP contribution in [0.1, 0.15) is 5.01 Å². The largest absolute Gasteiger partial charge is 0.486 e. The van der Waals surface area contributed by atoms with Crippen LogP contribution in [0.25, 0.3) is 10.8 Å². The minimum Gasteiger partial charge on any atom is -0.486 e. The number of aromatic nitrogens is 2. The van der Waals surface area contributed by atoms with Crippen LogP contribution < -0.4 is 16.0 Å². The van der Waals surface area contributed by atoms with E-state index in [9.17, 15) is 0 Å². The second kappa shape index (κ2) is 5.74. The zero-order valence-corrected chi connectivity index (χ0v) is 12.7. The molecule has 20 heavy (non-hydrogen) atoms. The molecule has 0 radical (unpaired) electrons. The van der Waals surface area contributed by atoms with E-state index in [-0.39, 0.29) is 0 Å². The Balaban J connectivity index is 1.75. The highest BCUT2D eigenvalue weighted by atomic mass is 79.9. The Morgan fingerprint density at radius 2 is 1.95 bits per heavy atom. The fraction of sp³-hybridized carbons (Fsp3) is 0.0769. The standard InChI is InChI=1S/C13H11BrN4OS/c14-10-3-1-9-6-11(4-2-8(9)5-10)19-7-12-17-18-13(16-15)20-12/h1-6H,7,15H2,(H,16,18). The Morgan fingerprint density at radius 3 is 2.75 bits per heavy atom. The molecule has 0 unspecified atom stereocenters. The lowest BCUT2D eigenvalue weighted by atomic mass is 10.1.